The minimum atomic E-state index is -0.486. The summed E-state index contributed by atoms with van der Waals surface area (Å²) >= 11 is 0. The van der Waals surface area contributed by atoms with Crippen LogP contribution in [0.4, 0.5) is 17.5 Å². The number of esters is 1. The van der Waals surface area contributed by atoms with Crippen molar-refractivity contribution in [1.82, 2.24) is 15.0 Å². The maximum Gasteiger partial charge on any atom is 0.325 e. The summed E-state index contributed by atoms with van der Waals surface area (Å²) in [5.74, 6) is 3.47. The summed E-state index contributed by atoms with van der Waals surface area (Å²) in [6, 6.07) is 20.6. The van der Waals surface area contributed by atoms with Crippen LogP contribution in [0.15, 0.2) is 79.1 Å². The predicted molar refractivity (Wildman–Crippen MR) is 153 cm³/mol. The van der Waals surface area contributed by atoms with Gasteiger partial charge in [-0.1, -0.05) is 18.2 Å². The Kier molecular flexibility index (Phi) is 8.67. The van der Waals surface area contributed by atoms with Crippen molar-refractivity contribution in [1.29, 1.82) is 0 Å². The van der Waals surface area contributed by atoms with Crippen molar-refractivity contribution < 1.29 is 19.0 Å². The van der Waals surface area contributed by atoms with E-state index in [0.717, 1.165) is 48.0 Å². The molecule has 0 saturated carbocycles. The molecule has 10 heteroatoms. The average molecular weight is 541 g/mol. The first-order valence-electron chi connectivity index (χ1n) is 13.3. The normalized spacial score (nSPS) is 14.8. The Balaban J connectivity index is 1.25. The lowest BCUT2D eigenvalue weighted by atomic mass is 10.1. The van der Waals surface area contributed by atoms with Crippen molar-refractivity contribution in [2.75, 3.05) is 36.5 Å². The van der Waals surface area contributed by atoms with Crippen LogP contribution in [0.2, 0.25) is 0 Å². The van der Waals surface area contributed by atoms with Crippen molar-refractivity contribution in [3.63, 3.8) is 0 Å². The number of ether oxygens (including phenoxy) is 3. The number of anilines is 3. The molecule has 2 aromatic carbocycles. The highest BCUT2D eigenvalue weighted by atomic mass is 16.5. The number of hydrogen-bond acceptors (Lipinski definition) is 10. The molecule has 3 heterocycles. The van der Waals surface area contributed by atoms with Crippen molar-refractivity contribution in [2.45, 2.75) is 25.9 Å². The highest BCUT2D eigenvalue weighted by Gasteiger charge is 2.24. The zero-order valence-electron chi connectivity index (χ0n) is 22.3. The van der Waals surface area contributed by atoms with Crippen LogP contribution in [0, 0.1) is 0 Å². The van der Waals surface area contributed by atoms with Crippen molar-refractivity contribution in [3.05, 3.63) is 79.1 Å². The summed E-state index contributed by atoms with van der Waals surface area (Å²) in [5, 5.41) is 3.27. The van der Waals surface area contributed by atoms with E-state index in [4.69, 9.17) is 29.9 Å². The fourth-order valence-corrected chi connectivity index (χ4v) is 4.48. The summed E-state index contributed by atoms with van der Waals surface area (Å²) in [7, 11) is 0. The standard InChI is InChI=1S/C30H32N6O4/c1-2-38-25-9-3-4-10-26(25)39-23-7-6-16-36(20-23)29-19-32-18-28(35-29)34-27-11-5-8-24(33-27)21-12-14-22(15-13-21)40-30(37)17-31/h3-5,8-15,18-19,23H,2,6-7,16-17,20,31H2,1H3,(H,33,34,35)/t23-/m1/s1. The average Bonchev–Trinajstić information content (AvgIpc) is 2.99. The summed E-state index contributed by atoms with van der Waals surface area (Å²) < 4.78 is 17.2. The minimum Gasteiger partial charge on any atom is -0.490 e. The summed E-state index contributed by atoms with van der Waals surface area (Å²) in [6.07, 6.45) is 5.39. The number of rotatable bonds is 10. The smallest absolute Gasteiger partial charge is 0.325 e. The molecule has 0 unspecified atom stereocenters. The van der Waals surface area contributed by atoms with E-state index in [9.17, 15) is 4.79 Å². The summed E-state index contributed by atoms with van der Waals surface area (Å²) in [6.45, 7) is 3.95. The zero-order valence-corrected chi connectivity index (χ0v) is 22.3. The molecule has 1 atom stereocenters. The van der Waals surface area contributed by atoms with Gasteiger partial charge in [-0.25, -0.2) is 9.97 Å². The SMILES string of the molecule is CCOc1ccccc1O[C@@H]1CCCN(c2cncc(Nc3cccc(-c4ccc(OC(=O)CN)cc4)n3)n2)C1. The van der Waals surface area contributed by atoms with Gasteiger partial charge < -0.3 is 30.2 Å². The van der Waals surface area contributed by atoms with Gasteiger partial charge in [0, 0.05) is 12.1 Å². The van der Waals surface area contributed by atoms with Gasteiger partial charge in [-0.3, -0.25) is 9.78 Å². The second-order valence-electron chi connectivity index (χ2n) is 9.21. The molecular formula is C30H32N6O4. The second-order valence-corrected chi connectivity index (χ2v) is 9.21. The van der Waals surface area contributed by atoms with Crippen LogP contribution in [0.25, 0.3) is 11.3 Å². The van der Waals surface area contributed by atoms with Gasteiger partial charge in [-0.15, -0.1) is 0 Å². The molecular weight excluding hydrogens is 508 g/mol. The third kappa shape index (κ3) is 6.83. The molecule has 5 rings (SSSR count). The number of nitrogens with zero attached hydrogens (tertiary/aromatic N) is 4. The third-order valence-corrected chi connectivity index (χ3v) is 6.32. The number of carbonyl (C=O) groups is 1. The van der Waals surface area contributed by atoms with E-state index in [0.29, 0.717) is 30.5 Å². The van der Waals surface area contributed by atoms with E-state index in [-0.39, 0.29) is 12.6 Å². The van der Waals surface area contributed by atoms with Gasteiger partial charge in [0.25, 0.3) is 0 Å². The first-order valence-corrected chi connectivity index (χ1v) is 13.3. The molecule has 0 bridgehead atoms. The molecule has 0 amide bonds. The number of pyridine rings is 1. The molecule has 206 valence electrons. The Morgan fingerprint density at radius 3 is 2.62 bits per heavy atom. The number of hydrogen-bond donors (Lipinski definition) is 2. The minimum absolute atomic E-state index is 0.0114. The van der Waals surface area contributed by atoms with Gasteiger partial charge in [0.2, 0.25) is 0 Å². The first-order chi connectivity index (χ1) is 19.6. The molecule has 0 radical (unpaired) electrons. The molecule has 1 aliphatic heterocycles. The van der Waals surface area contributed by atoms with E-state index in [1.54, 1.807) is 24.5 Å². The molecule has 0 spiro atoms. The number of aromatic nitrogens is 3. The van der Waals surface area contributed by atoms with Crippen LogP contribution in [-0.4, -0.2) is 53.3 Å². The lowest BCUT2D eigenvalue weighted by Gasteiger charge is -2.33. The van der Waals surface area contributed by atoms with Gasteiger partial charge in [0.15, 0.2) is 17.3 Å². The molecule has 0 aliphatic carbocycles. The third-order valence-electron chi connectivity index (χ3n) is 6.32. The number of para-hydroxylation sites is 2. The highest BCUT2D eigenvalue weighted by Crippen LogP contribution is 2.30. The maximum absolute atomic E-state index is 11.4. The van der Waals surface area contributed by atoms with Crippen LogP contribution in [-0.2, 0) is 4.79 Å². The van der Waals surface area contributed by atoms with Gasteiger partial charge in [0.1, 0.15) is 23.5 Å². The summed E-state index contributed by atoms with van der Waals surface area (Å²) in [4.78, 5) is 27.5. The van der Waals surface area contributed by atoms with Gasteiger partial charge >= 0.3 is 5.97 Å². The molecule has 3 N–H and O–H groups in total. The number of nitrogens with two attached hydrogens (primary N) is 1. The molecule has 4 aromatic rings. The predicted octanol–water partition coefficient (Wildman–Crippen LogP) is 4.59. The van der Waals surface area contributed by atoms with E-state index < -0.39 is 5.97 Å². The molecule has 1 fully saturated rings. The van der Waals surface area contributed by atoms with E-state index in [1.807, 2.05) is 61.5 Å². The van der Waals surface area contributed by atoms with Gasteiger partial charge in [-0.05, 0) is 68.3 Å². The van der Waals surface area contributed by atoms with Crippen molar-refractivity contribution in [2.24, 2.45) is 5.73 Å². The van der Waals surface area contributed by atoms with Crippen LogP contribution in [0.1, 0.15) is 19.8 Å². The largest absolute Gasteiger partial charge is 0.490 e. The summed E-state index contributed by atoms with van der Waals surface area (Å²) in [5.41, 5.74) is 6.94. The van der Waals surface area contributed by atoms with E-state index in [1.165, 1.54) is 0 Å². The zero-order chi connectivity index (χ0) is 27.7. The maximum atomic E-state index is 11.4. The fraction of sp³-hybridized carbons (Fsp3) is 0.267. The molecule has 1 saturated heterocycles. The number of carbonyl (C=O) groups excluding carboxylic acids is 1. The van der Waals surface area contributed by atoms with Crippen LogP contribution >= 0.6 is 0 Å². The lowest BCUT2D eigenvalue weighted by Crippen LogP contribution is -2.41. The topological polar surface area (TPSA) is 125 Å². The van der Waals surface area contributed by atoms with Gasteiger partial charge in [0.05, 0.1) is 37.8 Å². The quantitative estimate of drug-likeness (QED) is 0.218. The highest BCUT2D eigenvalue weighted by molar-refractivity contribution is 5.74. The molecule has 10 nitrogen and oxygen atoms in total. The number of piperidine rings is 1. The van der Waals surface area contributed by atoms with Crippen LogP contribution < -0.4 is 30.2 Å². The van der Waals surface area contributed by atoms with Crippen molar-refractivity contribution >= 4 is 23.4 Å². The monoisotopic (exact) mass is 540 g/mol. The van der Waals surface area contributed by atoms with E-state index >= 15 is 0 Å². The van der Waals surface area contributed by atoms with Crippen LogP contribution in [0.3, 0.4) is 0 Å². The molecule has 2 aromatic heterocycles. The van der Waals surface area contributed by atoms with Gasteiger partial charge in [-0.2, -0.15) is 0 Å². The fourth-order valence-electron chi connectivity index (χ4n) is 4.48. The molecule has 1 aliphatic rings. The van der Waals surface area contributed by atoms with Crippen molar-refractivity contribution in [3.8, 4) is 28.5 Å². The second kappa shape index (κ2) is 12.9. The Labute approximate surface area is 233 Å². The number of nitrogens with one attached hydrogen (secondary N) is 1. The Hall–Kier alpha value is -4.70. The number of benzene rings is 2. The molecule has 40 heavy (non-hydrogen) atoms. The Morgan fingerprint density at radius 1 is 1.00 bits per heavy atom. The van der Waals surface area contributed by atoms with E-state index in [2.05, 4.69) is 15.2 Å². The van der Waals surface area contributed by atoms with Crippen LogP contribution in [0.5, 0.6) is 17.2 Å². The Bertz CT molecular complexity index is 1430. The lowest BCUT2D eigenvalue weighted by molar-refractivity contribution is -0.132. The Morgan fingerprint density at radius 2 is 1.82 bits per heavy atom. The first kappa shape index (κ1) is 26.9.